The zero-order chi connectivity index (χ0) is 14.1. The van der Waals surface area contributed by atoms with Crippen molar-refractivity contribution < 1.29 is 18.3 Å². The molecule has 0 radical (unpaired) electrons. The lowest BCUT2D eigenvalue weighted by Crippen LogP contribution is -2.38. The fourth-order valence-electron chi connectivity index (χ4n) is 2.63. The van der Waals surface area contributed by atoms with Gasteiger partial charge in [0.15, 0.2) is 0 Å². The van der Waals surface area contributed by atoms with Crippen LogP contribution >= 0.6 is 15.9 Å². The molecule has 0 unspecified atom stereocenters. The smallest absolute Gasteiger partial charge is 0.242 e. The van der Waals surface area contributed by atoms with E-state index in [0.29, 0.717) is 11.6 Å². The maximum atomic E-state index is 13.6. The average molecular weight is 346 g/mol. The van der Waals surface area contributed by atoms with Gasteiger partial charge in [0, 0.05) is 24.7 Å². The van der Waals surface area contributed by atoms with Crippen LogP contribution < -0.4 is 4.90 Å². The quantitative estimate of drug-likeness (QED) is 0.761. The first-order valence-electron chi connectivity index (χ1n) is 6.50. The SMILES string of the molecule is Fc1cc(N2CCC(C3OC=CO3)CC2)cc(F)c1Br. The fourth-order valence-corrected chi connectivity index (χ4v) is 2.86. The third kappa shape index (κ3) is 2.61. The predicted molar refractivity (Wildman–Crippen MR) is 74.1 cm³/mol. The van der Waals surface area contributed by atoms with Crippen molar-refractivity contribution in [1.29, 1.82) is 0 Å². The van der Waals surface area contributed by atoms with Gasteiger partial charge in [-0.2, -0.15) is 0 Å². The second-order valence-corrected chi connectivity index (χ2v) is 5.75. The van der Waals surface area contributed by atoms with Crippen molar-refractivity contribution in [3.05, 3.63) is 40.8 Å². The summed E-state index contributed by atoms with van der Waals surface area (Å²) < 4.78 is 37.7. The number of anilines is 1. The van der Waals surface area contributed by atoms with Crippen LogP contribution in [0.15, 0.2) is 29.1 Å². The molecule has 20 heavy (non-hydrogen) atoms. The van der Waals surface area contributed by atoms with Gasteiger partial charge in [0.05, 0.1) is 4.47 Å². The third-order valence-electron chi connectivity index (χ3n) is 3.74. The third-order valence-corrected chi connectivity index (χ3v) is 4.50. The van der Waals surface area contributed by atoms with Crippen LogP contribution in [0.5, 0.6) is 0 Å². The number of rotatable bonds is 2. The van der Waals surface area contributed by atoms with Gasteiger partial charge in [0.1, 0.15) is 24.2 Å². The Labute approximate surface area is 124 Å². The van der Waals surface area contributed by atoms with Crippen molar-refractivity contribution in [2.45, 2.75) is 19.1 Å². The van der Waals surface area contributed by atoms with Crippen LogP contribution in [0.3, 0.4) is 0 Å². The van der Waals surface area contributed by atoms with Crippen molar-refractivity contribution in [2.24, 2.45) is 5.92 Å². The summed E-state index contributed by atoms with van der Waals surface area (Å²) in [6.45, 7) is 1.46. The van der Waals surface area contributed by atoms with Crippen molar-refractivity contribution in [1.82, 2.24) is 0 Å². The highest BCUT2D eigenvalue weighted by Gasteiger charge is 2.30. The molecule has 1 aromatic rings. The Morgan fingerprint density at radius 3 is 2.15 bits per heavy atom. The first-order valence-corrected chi connectivity index (χ1v) is 7.30. The van der Waals surface area contributed by atoms with Gasteiger partial charge in [-0.15, -0.1) is 0 Å². The summed E-state index contributed by atoms with van der Waals surface area (Å²) in [5.41, 5.74) is 0.577. The van der Waals surface area contributed by atoms with Gasteiger partial charge in [-0.3, -0.25) is 0 Å². The number of halogens is 3. The first-order chi connectivity index (χ1) is 9.65. The van der Waals surface area contributed by atoms with E-state index in [0.717, 1.165) is 25.9 Å². The molecule has 1 aromatic carbocycles. The van der Waals surface area contributed by atoms with Gasteiger partial charge in [-0.1, -0.05) is 0 Å². The van der Waals surface area contributed by atoms with Gasteiger partial charge in [0.25, 0.3) is 0 Å². The average Bonchev–Trinajstić information content (AvgIpc) is 2.98. The number of benzene rings is 1. The van der Waals surface area contributed by atoms with Gasteiger partial charge >= 0.3 is 0 Å². The predicted octanol–water partition coefficient (Wildman–Crippen LogP) is 3.79. The minimum Gasteiger partial charge on any atom is -0.459 e. The summed E-state index contributed by atoms with van der Waals surface area (Å²) in [5.74, 6) is -0.839. The molecule has 0 spiro atoms. The number of nitrogens with zero attached hydrogens (tertiary/aromatic N) is 1. The highest BCUT2D eigenvalue weighted by molar-refractivity contribution is 9.10. The van der Waals surface area contributed by atoms with E-state index >= 15 is 0 Å². The Kier molecular flexibility index (Phi) is 3.83. The highest BCUT2D eigenvalue weighted by atomic mass is 79.9. The van der Waals surface area contributed by atoms with E-state index in [9.17, 15) is 8.78 Å². The molecular weight excluding hydrogens is 332 g/mol. The Morgan fingerprint density at radius 1 is 1.05 bits per heavy atom. The molecule has 2 aliphatic heterocycles. The molecule has 1 fully saturated rings. The molecule has 2 heterocycles. The zero-order valence-corrected chi connectivity index (χ0v) is 12.3. The van der Waals surface area contributed by atoms with Crippen LogP contribution in [-0.4, -0.2) is 19.4 Å². The van der Waals surface area contributed by atoms with Crippen LogP contribution in [0.4, 0.5) is 14.5 Å². The Hall–Kier alpha value is -1.30. The number of hydrogen-bond acceptors (Lipinski definition) is 3. The molecule has 108 valence electrons. The first kappa shape index (κ1) is 13.7. The van der Waals surface area contributed by atoms with Crippen LogP contribution in [-0.2, 0) is 9.47 Å². The Morgan fingerprint density at radius 2 is 1.60 bits per heavy atom. The Balaban J connectivity index is 1.66. The van der Waals surface area contributed by atoms with Gasteiger partial charge in [0.2, 0.25) is 6.29 Å². The van der Waals surface area contributed by atoms with E-state index < -0.39 is 11.6 Å². The molecule has 1 saturated heterocycles. The minimum absolute atomic E-state index is 0.116. The topological polar surface area (TPSA) is 21.7 Å². The van der Waals surface area contributed by atoms with Gasteiger partial charge in [-0.25, -0.2) is 8.78 Å². The van der Waals surface area contributed by atoms with E-state index in [4.69, 9.17) is 9.47 Å². The second kappa shape index (κ2) is 5.60. The van der Waals surface area contributed by atoms with E-state index in [-0.39, 0.29) is 10.8 Å². The molecule has 0 aromatic heterocycles. The maximum absolute atomic E-state index is 13.6. The van der Waals surface area contributed by atoms with Crippen LogP contribution in [0.25, 0.3) is 0 Å². The lowest BCUT2D eigenvalue weighted by molar-refractivity contribution is -0.0728. The van der Waals surface area contributed by atoms with Crippen LogP contribution in [0.1, 0.15) is 12.8 Å². The van der Waals surface area contributed by atoms with Gasteiger partial charge < -0.3 is 14.4 Å². The molecule has 0 amide bonds. The standard InChI is InChI=1S/C14H14BrF2NO2/c15-13-11(16)7-10(8-12(13)17)18-3-1-9(2-4-18)14-19-5-6-20-14/h5-9,14H,1-4H2. The summed E-state index contributed by atoms with van der Waals surface area (Å²) in [7, 11) is 0. The summed E-state index contributed by atoms with van der Waals surface area (Å²) >= 11 is 2.88. The summed E-state index contributed by atoms with van der Waals surface area (Å²) in [4.78, 5) is 1.98. The van der Waals surface area contributed by atoms with E-state index in [1.165, 1.54) is 12.1 Å². The minimum atomic E-state index is -0.575. The van der Waals surface area contributed by atoms with Crippen LogP contribution in [0.2, 0.25) is 0 Å². The summed E-state index contributed by atoms with van der Waals surface area (Å²) in [6, 6.07) is 2.72. The summed E-state index contributed by atoms with van der Waals surface area (Å²) in [6.07, 6.45) is 4.63. The molecule has 0 N–H and O–H groups in total. The van der Waals surface area contributed by atoms with E-state index in [1.54, 1.807) is 12.5 Å². The second-order valence-electron chi connectivity index (χ2n) is 4.96. The summed E-state index contributed by atoms with van der Waals surface area (Å²) in [5, 5.41) is 0. The van der Waals surface area contributed by atoms with Crippen molar-refractivity contribution in [3.8, 4) is 0 Å². The van der Waals surface area contributed by atoms with E-state index in [2.05, 4.69) is 15.9 Å². The highest BCUT2D eigenvalue weighted by Crippen LogP contribution is 2.31. The molecular formula is C14H14BrF2NO2. The monoisotopic (exact) mass is 345 g/mol. The fraction of sp³-hybridized carbons (Fsp3) is 0.429. The molecule has 0 atom stereocenters. The molecule has 0 saturated carbocycles. The normalized spacial score (nSPS) is 20.1. The lowest BCUT2D eigenvalue weighted by Gasteiger charge is -2.35. The number of piperidine rings is 1. The Bertz CT molecular complexity index is 499. The maximum Gasteiger partial charge on any atom is 0.242 e. The van der Waals surface area contributed by atoms with Crippen molar-refractivity contribution in [3.63, 3.8) is 0 Å². The number of hydrogen-bond donors (Lipinski definition) is 0. The van der Waals surface area contributed by atoms with Crippen molar-refractivity contribution in [2.75, 3.05) is 18.0 Å². The largest absolute Gasteiger partial charge is 0.459 e. The van der Waals surface area contributed by atoms with Gasteiger partial charge in [-0.05, 0) is 40.9 Å². The molecule has 0 bridgehead atoms. The van der Waals surface area contributed by atoms with Crippen molar-refractivity contribution >= 4 is 21.6 Å². The van der Waals surface area contributed by atoms with E-state index in [1.807, 2.05) is 4.90 Å². The lowest BCUT2D eigenvalue weighted by atomic mass is 9.96. The molecule has 3 rings (SSSR count). The van der Waals surface area contributed by atoms with Crippen LogP contribution in [0, 0.1) is 17.6 Å². The molecule has 0 aliphatic carbocycles. The molecule has 2 aliphatic rings. The zero-order valence-electron chi connectivity index (χ0n) is 10.7. The molecule has 3 nitrogen and oxygen atoms in total. The molecule has 6 heteroatoms. The number of ether oxygens (including phenoxy) is 2.